The van der Waals surface area contributed by atoms with Crippen LogP contribution in [0.25, 0.3) is 24.3 Å². The van der Waals surface area contributed by atoms with Crippen LogP contribution in [0.2, 0.25) is 0 Å². The van der Waals surface area contributed by atoms with Gasteiger partial charge in [-0.05, 0) is 35.4 Å². The molecule has 0 unspecified atom stereocenters. The summed E-state index contributed by atoms with van der Waals surface area (Å²) in [5.41, 5.74) is -3.97. The average Bonchev–Trinajstić information content (AvgIpc) is 2.69. The fourth-order valence-electron chi connectivity index (χ4n) is 2.51. The number of halogens is 6. The highest BCUT2D eigenvalue weighted by molar-refractivity contribution is 5.71. The first-order valence-electron chi connectivity index (χ1n) is 8.73. The lowest BCUT2D eigenvalue weighted by molar-refractivity contribution is -0.142. The number of alkyl halides is 6. The Kier molecular flexibility index (Phi) is 6.14. The number of aromatic nitrogens is 4. The molecule has 3 rings (SSSR count). The van der Waals surface area contributed by atoms with Crippen LogP contribution in [0.15, 0.2) is 46.0 Å². The molecule has 0 bridgehead atoms. The Morgan fingerprint density at radius 1 is 0.625 bits per heavy atom. The minimum atomic E-state index is -4.72. The number of hydrogen-bond acceptors (Lipinski definition) is 4. The lowest BCUT2D eigenvalue weighted by Crippen LogP contribution is -2.19. The zero-order valence-corrected chi connectivity index (χ0v) is 15.8. The number of rotatable bonds is 4. The fourth-order valence-corrected chi connectivity index (χ4v) is 2.51. The van der Waals surface area contributed by atoms with Crippen LogP contribution in [0, 0.1) is 0 Å². The Labute approximate surface area is 175 Å². The molecule has 12 heteroatoms. The van der Waals surface area contributed by atoms with Crippen LogP contribution in [0.4, 0.5) is 26.3 Å². The molecule has 2 aromatic heterocycles. The topological polar surface area (TPSA) is 91.5 Å². The predicted molar refractivity (Wildman–Crippen MR) is 104 cm³/mol. The van der Waals surface area contributed by atoms with Crippen molar-refractivity contribution in [3.8, 4) is 0 Å². The van der Waals surface area contributed by atoms with Gasteiger partial charge < -0.3 is 9.97 Å². The third-order valence-electron chi connectivity index (χ3n) is 3.97. The Morgan fingerprint density at radius 3 is 1.28 bits per heavy atom. The average molecular weight is 454 g/mol. The minimum Gasteiger partial charge on any atom is -0.302 e. The first-order chi connectivity index (χ1) is 14.9. The van der Waals surface area contributed by atoms with Crippen molar-refractivity contribution in [2.75, 3.05) is 0 Å². The van der Waals surface area contributed by atoms with E-state index < -0.39 is 35.1 Å². The predicted octanol–water partition coefficient (Wildman–Crippen LogP) is 4.23. The van der Waals surface area contributed by atoms with Crippen molar-refractivity contribution >= 4 is 24.3 Å². The first kappa shape index (κ1) is 22.7. The van der Waals surface area contributed by atoms with Gasteiger partial charge in [0.25, 0.3) is 0 Å². The molecule has 0 aliphatic rings. The molecular weight excluding hydrogens is 442 g/mol. The Bertz CT molecular complexity index is 1180. The molecule has 0 radical (unpaired) electrons. The van der Waals surface area contributed by atoms with E-state index in [0.29, 0.717) is 23.3 Å². The van der Waals surface area contributed by atoms with Crippen LogP contribution >= 0.6 is 0 Å². The maximum Gasteiger partial charge on any atom is 0.431 e. The van der Waals surface area contributed by atoms with E-state index in [0.717, 1.165) is 0 Å². The zero-order chi connectivity index (χ0) is 23.5. The van der Waals surface area contributed by atoms with Crippen molar-refractivity contribution in [1.82, 2.24) is 19.9 Å². The van der Waals surface area contributed by atoms with Gasteiger partial charge in [-0.1, -0.05) is 36.4 Å². The molecule has 0 spiro atoms. The number of aromatic amines is 2. The second kappa shape index (κ2) is 8.65. The largest absolute Gasteiger partial charge is 0.431 e. The van der Waals surface area contributed by atoms with Crippen molar-refractivity contribution in [1.29, 1.82) is 0 Å². The number of H-pyrrole nitrogens is 2. The summed E-state index contributed by atoms with van der Waals surface area (Å²) in [4.78, 5) is 32.7. The summed E-state index contributed by atoms with van der Waals surface area (Å²) in [5.74, 6) is 0. The molecule has 3 aromatic rings. The second-order valence-corrected chi connectivity index (χ2v) is 6.38. The van der Waals surface area contributed by atoms with E-state index in [9.17, 15) is 35.9 Å². The highest BCUT2D eigenvalue weighted by Crippen LogP contribution is 2.28. The normalized spacial score (nSPS) is 12.7. The van der Waals surface area contributed by atoms with Crippen LogP contribution in [-0.2, 0) is 12.4 Å². The maximum atomic E-state index is 12.7. The molecule has 0 amide bonds. The SMILES string of the molecule is O=c1nc(/C=C/c2ccc(/C=C/c3cc(C(F)(F)F)[nH]c(=O)n3)cc2)cc(C(F)(F)F)[nH]1. The van der Waals surface area contributed by atoms with Crippen molar-refractivity contribution in [3.05, 3.63) is 91.3 Å². The molecule has 0 aliphatic heterocycles. The van der Waals surface area contributed by atoms with Crippen LogP contribution in [0.5, 0.6) is 0 Å². The van der Waals surface area contributed by atoms with E-state index in [2.05, 4.69) is 9.97 Å². The van der Waals surface area contributed by atoms with Gasteiger partial charge >= 0.3 is 23.7 Å². The molecule has 2 N–H and O–H groups in total. The van der Waals surface area contributed by atoms with Gasteiger partial charge in [-0.15, -0.1) is 0 Å². The van der Waals surface area contributed by atoms with Crippen molar-refractivity contribution < 1.29 is 26.3 Å². The van der Waals surface area contributed by atoms with E-state index in [1.54, 1.807) is 34.2 Å². The highest BCUT2D eigenvalue weighted by atomic mass is 19.4. The van der Waals surface area contributed by atoms with Gasteiger partial charge in [0, 0.05) is 0 Å². The minimum absolute atomic E-state index is 0.189. The Hall–Kier alpha value is -3.96. The van der Waals surface area contributed by atoms with Crippen molar-refractivity contribution in [3.63, 3.8) is 0 Å². The molecule has 32 heavy (non-hydrogen) atoms. The molecule has 6 nitrogen and oxygen atoms in total. The Balaban J connectivity index is 1.77. The molecule has 0 saturated carbocycles. The molecular formula is C20H12F6N4O2. The number of hydrogen-bond donors (Lipinski definition) is 2. The molecule has 0 atom stereocenters. The van der Waals surface area contributed by atoms with Gasteiger partial charge in [0.05, 0.1) is 11.4 Å². The maximum absolute atomic E-state index is 12.7. The quantitative estimate of drug-likeness (QED) is 0.578. The first-order valence-corrected chi connectivity index (χ1v) is 8.73. The summed E-state index contributed by atoms with van der Waals surface area (Å²) < 4.78 is 76.5. The summed E-state index contributed by atoms with van der Waals surface area (Å²) in [6, 6.07) is 7.72. The zero-order valence-electron chi connectivity index (χ0n) is 15.8. The fraction of sp³-hybridized carbons (Fsp3) is 0.100. The molecule has 1 aromatic carbocycles. The summed E-state index contributed by atoms with van der Waals surface area (Å²) >= 11 is 0. The smallest absolute Gasteiger partial charge is 0.302 e. The lowest BCUT2D eigenvalue weighted by atomic mass is 10.1. The number of nitrogens with one attached hydrogen (secondary N) is 2. The second-order valence-electron chi connectivity index (χ2n) is 6.38. The van der Waals surface area contributed by atoms with Crippen molar-refractivity contribution in [2.45, 2.75) is 12.4 Å². The van der Waals surface area contributed by atoms with Gasteiger partial charge in [0.15, 0.2) is 0 Å². The summed E-state index contributed by atoms with van der Waals surface area (Å²) in [6.45, 7) is 0. The number of benzene rings is 1. The van der Waals surface area contributed by atoms with Crippen LogP contribution in [-0.4, -0.2) is 19.9 Å². The molecule has 0 fully saturated rings. The summed E-state index contributed by atoms with van der Waals surface area (Å²) in [7, 11) is 0. The van der Waals surface area contributed by atoms with Gasteiger partial charge in [0.2, 0.25) is 0 Å². The standard InChI is InChI=1S/C20H12F6N4O2/c21-19(22,23)15-9-13(27-17(31)29-15)7-5-11-1-2-12(4-3-11)6-8-14-10-16(20(24,25)26)30-18(32)28-14/h1-10H,(H,27,29,31)(H,28,30,32)/b7-5+,8-6+. The third kappa shape index (κ3) is 6.03. The summed E-state index contributed by atoms with van der Waals surface area (Å²) in [5, 5.41) is 0. The Morgan fingerprint density at radius 2 is 0.969 bits per heavy atom. The van der Waals surface area contributed by atoms with Gasteiger partial charge in [0.1, 0.15) is 11.4 Å². The van der Waals surface area contributed by atoms with E-state index in [1.165, 1.54) is 24.3 Å². The monoisotopic (exact) mass is 454 g/mol. The van der Waals surface area contributed by atoms with Gasteiger partial charge in [-0.3, -0.25) is 0 Å². The molecule has 2 heterocycles. The van der Waals surface area contributed by atoms with Gasteiger partial charge in [-0.2, -0.15) is 36.3 Å². The molecule has 166 valence electrons. The van der Waals surface area contributed by atoms with Crippen LogP contribution < -0.4 is 11.4 Å². The lowest BCUT2D eigenvalue weighted by Gasteiger charge is -2.06. The van der Waals surface area contributed by atoms with E-state index in [-0.39, 0.29) is 11.4 Å². The molecule has 0 saturated heterocycles. The van der Waals surface area contributed by atoms with Gasteiger partial charge in [-0.25, -0.2) is 9.59 Å². The van der Waals surface area contributed by atoms with Crippen LogP contribution in [0.1, 0.15) is 33.9 Å². The molecule has 0 aliphatic carbocycles. The van der Waals surface area contributed by atoms with E-state index >= 15 is 0 Å². The number of nitrogens with zero attached hydrogens (tertiary/aromatic N) is 2. The van der Waals surface area contributed by atoms with Crippen LogP contribution in [0.3, 0.4) is 0 Å². The van der Waals surface area contributed by atoms with Crippen molar-refractivity contribution in [2.24, 2.45) is 0 Å². The van der Waals surface area contributed by atoms with E-state index in [4.69, 9.17) is 0 Å². The summed E-state index contributed by atoms with van der Waals surface area (Å²) in [6.07, 6.45) is -4.12. The third-order valence-corrected chi connectivity index (χ3v) is 3.97. The van der Waals surface area contributed by atoms with E-state index in [1.807, 2.05) is 0 Å². The highest BCUT2D eigenvalue weighted by Gasteiger charge is 2.33.